The Bertz CT molecular complexity index is 563. The maximum absolute atomic E-state index is 11.7. The second-order valence-electron chi connectivity index (χ2n) is 7.05. The Labute approximate surface area is 143 Å². The van der Waals surface area contributed by atoms with Gasteiger partial charge in [0.25, 0.3) is 0 Å². The topological polar surface area (TPSA) is 62.2 Å². The number of rotatable bonds is 5. The first-order chi connectivity index (χ1) is 11.4. The molecule has 0 aromatic heterocycles. The molecule has 2 fully saturated rings. The molecule has 0 spiro atoms. The molecule has 1 aromatic carbocycles. The van der Waals surface area contributed by atoms with Crippen LogP contribution in [0, 0.1) is 0 Å². The largest absolute Gasteiger partial charge is 0.465 e. The van der Waals surface area contributed by atoms with Crippen molar-refractivity contribution in [1.82, 2.24) is 9.80 Å². The van der Waals surface area contributed by atoms with E-state index in [-0.39, 0.29) is 12.1 Å². The van der Waals surface area contributed by atoms with Gasteiger partial charge in [-0.25, -0.2) is 4.79 Å². The number of carboxylic acid groups (broad SMARTS) is 1. The Balaban J connectivity index is 1.56. The average molecular weight is 334 g/mol. The van der Waals surface area contributed by atoms with E-state index < -0.39 is 11.9 Å². The minimum atomic E-state index is -0.880. The van der Waals surface area contributed by atoms with Gasteiger partial charge in [0.15, 0.2) is 5.79 Å². The minimum Gasteiger partial charge on any atom is -0.465 e. The summed E-state index contributed by atoms with van der Waals surface area (Å²) in [5, 5.41) is 9.61. The summed E-state index contributed by atoms with van der Waals surface area (Å²) < 4.78 is 11.3. The van der Waals surface area contributed by atoms with Gasteiger partial charge in [0.05, 0.1) is 13.2 Å². The minimum absolute atomic E-state index is 0.0125. The number of benzene rings is 1. The fraction of sp³-hybridized carbons (Fsp3) is 0.611. The lowest BCUT2D eigenvalue weighted by atomic mass is 10.2. The number of hydrogen-bond donors (Lipinski definition) is 1. The summed E-state index contributed by atoms with van der Waals surface area (Å²) in [4.78, 5) is 15.6. The van der Waals surface area contributed by atoms with E-state index in [1.54, 1.807) is 0 Å². The molecule has 2 saturated heterocycles. The summed E-state index contributed by atoms with van der Waals surface area (Å²) in [6, 6.07) is 10.3. The third-order valence-electron chi connectivity index (χ3n) is 4.65. The highest BCUT2D eigenvalue weighted by atomic mass is 16.7. The molecule has 6 nitrogen and oxygen atoms in total. The summed E-state index contributed by atoms with van der Waals surface area (Å²) in [5.41, 5.74) is 1.26. The van der Waals surface area contributed by atoms with Crippen LogP contribution in [0.1, 0.15) is 25.8 Å². The molecule has 1 N–H and O–H groups in total. The van der Waals surface area contributed by atoms with Crippen LogP contribution < -0.4 is 0 Å². The predicted octanol–water partition coefficient (Wildman–Crippen LogP) is 2.39. The van der Waals surface area contributed by atoms with Crippen molar-refractivity contribution in [3.05, 3.63) is 35.9 Å². The molecule has 24 heavy (non-hydrogen) atoms. The normalized spacial score (nSPS) is 26.6. The van der Waals surface area contributed by atoms with Crippen molar-refractivity contribution in [2.24, 2.45) is 0 Å². The second-order valence-corrected chi connectivity index (χ2v) is 7.05. The van der Waals surface area contributed by atoms with E-state index in [0.29, 0.717) is 13.2 Å². The highest BCUT2D eigenvalue weighted by Crippen LogP contribution is 2.25. The van der Waals surface area contributed by atoms with Gasteiger partial charge >= 0.3 is 6.09 Å². The van der Waals surface area contributed by atoms with Gasteiger partial charge in [-0.15, -0.1) is 0 Å². The lowest BCUT2D eigenvalue weighted by molar-refractivity contribution is -0.140. The fourth-order valence-corrected chi connectivity index (χ4v) is 3.51. The Morgan fingerprint density at radius 3 is 2.75 bits per heavy atom. The van der Waals surface area contributed by atoms with E-state index in [1.165, 1.54) is 10.5 Å². The van der Waals surface area contributed by atoms with Crippen LogP contribution in [0.5, 0.6) is 0 Å². The number of carbonyl (C=O) groups is 1. The van der Waals surface area contributed by atoms with Crippen LogP contribution in [0.25, 0.3) is 0 Å². The first-order valence-electron chi connectivity index (χ1n) is 8.50. The number of ether oxygens (including phenoxy) is 2. The Morgan fingerprint density at radius 2 is 2.12 bits per heavy atom. The van der Waals surface area contributed by atoms with Gasteiger partial charge in [-0.1, -0.05) is 30.3 Å². The molecule has 6 heteroatoms. The summed E-state index contributed by atoms with van der Waals surface area (Å²) in [5.74, 6) is -0.621. The fourth-order valence-electron chi connectivity index (χ4n) is 3.51. The van der Waals surface area contributed by atoms with Gasteiger partial charge in [0.2, 0.25) is 0 Å². The first kappa shape index (κ1) is 17.2. The zero-order valence-electron chi connectivity index (χ0n) is 14.4. The van der Waals surface area contributed by atoms with Crippen molar-refractivity contribution in [3.63, 3.8) is 0 Å². The van der Waals surface area contributed by atoms with Crippen molar-refractivity contribution < 1.29 is 19.4 Å². The summed E-state index contributed by atoms with van der Waals surface area (Å²) in [6.45, 7) is 7.06. The number of amides is 1. The Morgan fingerprint density at radius 1 is 1.38 bits per heavy atom. The van der Waals surface area contributed by atoms with Crippen LogP contribution in [0.2, 0.25) is 0 Å². The third kappa shape index (κ3) is 4.26. The van der Waals surface area contributed by atoms with E-state index in [9.17, 15) is 9.90 Å². The second kappa shape index (κ2) is 7.09. The van der Waals surface area contributed by atoms with Crippen LogP contribution in [-0.2, 0) is 16.0 Å². The van der Waals surface area contributed by atoms with Gasteiger partial charge in [-0.3, -0.25) is 4.90 Å². The zero-order valence-corrected chi connectivity index (χ0v) is 14.4. The highest BCUT2D eigenvalue weighted by Gasteiger charge is 2.37. The number of likely N-dealkylation sites (tertiary alicyclic amines) is 1. The van der Waals surface area contributed by atoms with Crippen LogP contribution in [-0.4, -0.2) is 65.2 Å². The van der Waals surface area contributed by atoms with E-state index in [4.69, 9.17) is 9.47 Å². The van der Waals surface area contributed by atoms with Gasteiger partial charge in [0, 0.05) is 25.7 Å². The van der Waals surface area contributed by atoms with Crippen molar-refractivity contribution in [2.75, 3.05) is 26.2 Å². The molecule has 2 heterocycles. The summed E-state index contributed by atoms with van der Waals surface area (Å²) >= 11 is 0. The molecule has 2 atom stereocenters. The molecule has 1 aromatic rings. The van der Waals surface area contributed by atoms with Crippen LogP contribution in [0.15, 0.2) is 30.3 Å². The van der Waals surface area contributed by atoms with Gasteiger partial charge in [-0.05, 0) is 25.8 Å². The van der Waals surface area contributed by atoms with Crippen molar-refractivity contribution >= 4 is 6.09 Å². The summed E-state index contributed by atoms with van der Waals surface area (Å²) in [6.07, 6.45) is -0.218. The maximum Gasteiger partial charge on any atom is 0.407 e. The molecular formula is C18H26N2O4. The van der Waals surface area contributed by atoms with E-state index >= 15 is 0 Å². The van der Waals surface area contributed by atoms with E-state index in [0.717, 1.165) is 26.1 Å². The van der Waals surface area contributed by atoms with E-state index in [2.05, 4.69) is 17.0 Å². The SMILES string of the molecule is CC1(C)OCC(CN(C(=O)O)C2CCN(Cc3ccccc3)C2)O1. The highest BCUT2D eigenvalue weighted by molar-refractivity contribution is 5.65. The molecule has 0 bridgehead atoms. The Kier molecular flexibility index (Phi) is 5.08. The van der Waals surface area contributed by atoms with Gasteiger partial charge in [0.1, 0.15) is 6.10 Å². The van der Waals surface area contributed by atoms with Crippen molar-refractivity contribution in [2.45, 2.75) is 44.7 Å². The maximum atomic E-state index is 11.7. The standard InChI is InChI=1S/C18H26N2O4/c1-18(2)23-13-16(24-18)12-20(17(21)22)15-8-9-19(11-15)10-14-6-4-3-5-7-14/h3-7,15-16H,8-13H2,1-2H3,(H,21,22). The quantitative estimate of drug-likeness (QED) is 0.896. The zero-order chi connectivity index (χ0) is 17.2. The molecule has 2 aliphatic heterocycles. The molecular weight excluding hydrogens is 308 g/mol. The average Bonchev–Trinajstić information content (AvgIpc) is 3.12. The molecule has 0 radical (unpaired) electrons. The van der Waals surface area contributed by atoms with Crippen molar-refractivity contribution in [3.8, 4) is 0 Å². The molecule has 0 saturated carbocycles. The number of nitrogens with zero attached hydrogens (tertiary/aromatic N) is 2. The molecule has 2 unspecified atom stereocenters. The van der Waals surface area contributed by atoms with Gasteiger partial charge in [-0.2, -0.15) is 0 Å². The van der Waals surface area contributed by atoms with Crippen LogP contribution >= 0.6 is 0 Å². The molecule has 0 aliphatic carbocycles. The molecule has 1 amide bonds. The number of hydrogen-bond acceptors (Lipinski definition) is 4. The predicted molar refractivity (Wildman–Crippen MR) is 89.8 cm³/mol. The third-order valence-corrected chi connectivity index (χ3v) is 4.65. The smallest absolute Gasteiger partial charge is 0.407 e. The Hall–Kier alpha value is -1.63. The molecule has 2 aliphatic rings. The first-order valence-corrected chi connectivity index (χ1v) is 8.50. The lowest BCUT2D eigenvalue weighted by Crippen LogP contribution is -2.46. The van der Waals surface area contributed by atoms with Crippen molar-refractivity contribution in [1.29, 1.82) is 0 Å². The van der Waals surface area contributed by atoms with Crippen LogP contribution in [0.3, 0.4) is 0 Å². The lowest BCUT2D eigenvalue weighted by Gasteiger charge is -2.28. The van der Waals surface area contributed by atoms with Gasteiger partial charge < -0.3 is 19.5 Å². The summed E-state index contributed by atoms with van der Waals surface area (Å²) in [7, 11) is 0. The molecule has 3 rings (SSSR count). The monoisotopic (exact) mass is 334 g/mol. The van der Waals surface area contributed by atoms with Crippen LogP contribution in [0.4, 0.5) is 4.79 Å². The molecule has 132 valence electrons. The van der Waals surface area contributed by atoms with E-state index in [1.807, 2.05) is 32.0 Å².